The summed E-state index contributed by atoms with van der Waals surface area (Å²) in [4.78, 5) is 25.8. The third-order valence-electron chi connectivity index (χ3n) is 5.06. The number of benzene rings is 3. The topological polar surface area (TPSA) is 40.4 Å². The molecule has 1 unspecified atom stereocenters. The van der Waals surface area contributed by atoms with E-state index in [1.807, 2.05) is 60.7 Å². The number of carbonyl (C=O) groups is 2. The second-order valence-electron chi connectivity index (χ2n) is 6.78. The SMILES string of the molecule is O=C1c2ccccc2C(=O)N1N1[C@H](C#Cc2ccccc2)[C@H]1c1ccccc1. The highest BCUT2D eigenvalue weighted by molar-refractivity contribution is 6.21. The van der Waals surface area contributed by atoms with Gasteiger partial charge in [-0.3, -0.25) is 9.59 Å². The highest BCUT2D eigenvalue weighted by Crippen LogP contribution is 2.46. The first-order valence-corrected chi connectivity index (χ1v) is 9.13. The summed E-state index contributed by atoms with van der Waals surface area (Å²) in [6.07, 6.45) is 0. The first-order valence-electron chi connectivity index (χ1n) is 9.13. The summed E-state index contributed by atoms with van der Waals surface area (Å²) in [6.45, 7) is 0. The Morgan fingerprint density at radius 1 is 0.679 bits per heavy atom. The third-order valence-corrected chi connectivity index (χ3v) is 5.06. The Bertz CT molecular complexity index is 1090. The van der Waals surface area contributed by atoms with Gasteiger partial charge in [0.15, 0.2) is 0 Å². The van der Waals surface area contributed by atoms with Gasteiger partial charge in [-0.05, 0) is 29.8 Å². The van der Waals surface area contributed by atoms with Gasteiger partial charge in [-0.15, -0.1) is 0 Å². The van der Waals surface area contributed by atoms with Crippen molar-refractivity contribution in [3.63, 3.8) is 0 Å². The summed E-state index contributed by atoms with van der Waals surface area (Å²) in [6, 6.07) is 26.1. The number of fused-ring (bicyclic) bond motifs is 1. The van der Waals surface area contributed by atoms with Gasteiger partial charge in [0.05, 0.1) is 17.2 Å². The van der Waals surface area contributed by atoms with Crippen molar-refractivity contribution in [3.8, 4) is 11.8 Å². The summed E-state index contributed by atoms with van der Waals surface area (Å²) in [5.41, 5.74) is 2.83. The van der Waals surface area contributed by atoms with Crippen LogP contribution in [-0.2, 0) is 0 Å². The fourth-order valence-electron chi connectivity index (χ4n) is 3.66. The number of hydrazine groups is 1. The van der Waals surface area contributed by atoms with E-state index in [0.29, 0.717) is 11.1 Å². The van der Waals surface area contributed by atoms with Gasteiger partial charge in [0.1, 0.15) is 6.04 Å². The summed E-state index contributed by atoms with van der Waals surface area (Å²) in [5.74, 6) is 5.84. The molecule has 3 aromatic carbocycles. The Hall–Kier alpha value is -3.68. The fourth-order valence-corrected chi connectivity index (χ4v) is 3.66. The van der Waals surface area contributed by atoms with Crippen molar-refractivity contribution >= 4 is 11.8 Å². The molecule has 1 saturated heterocycles. The van der Waals surface area contributed by atoms with E-state index < -0.39 is 0 Å². The molecule has 0 aliphatic carbocycles. The summed E-state index contributed by atoms with van der Waals surface area (Å²) < 4.78 is 0. The van der Waals surface area contributed by atoms with Crippen molar-refractivity contribution in [2.45, 2.75) is 12.1 Å². The average Bonchev–Trinajstić information content (AvgIpc) is 3.40. The third kappa shape index (κ3) is 2.61. The van der Waals surface area contributed by atoms with Gasteiger partial charge in [0, 0.05) is 5.56 Å². The number of amides is 2. The molecule has 3 atom stereocenters. The highest BCUT2D eigenvalue weighted by Gasteiger charge is 2.57. The Labute approximate surface area is 163 Å². The Morgan fingerprint density at radius 3 is 1.82 bits per heavy atom. The van der Waals surface area contributed by atoms with E-state index >= 15 is 0 Å². The summed E-state index contributed by atoms with van der Waals surface area (Å²) in [7, 11) is 0. The van der Waals surface area contributed by atoms with Crippen LogP contribution < -0.4 is 0 Å². The van der Waals surface area contributed by atoms with Crippen molar-refractivity contribution in [3.05, 3.63) is 107 Å². The van der Waals surface area contributed by atoms with E-state index in [1.54, 1.807) is 29.3 Å². The lowest BCUT2D eigenvalue weighted by atomic mass is 10.1. The lowest BCUT2D eigenvalue weighted by Crippen LogP contribution is -2.36. The minimum Gasteiger partial charge on any atom is -0.267 e. The maximum atomic E-state index is 12.9. The van der Waals surface area contributed by atoms with Gasteiger partial charge in [-0.2, -0.15) is 10.0 Å². The smallest absolute Gasteiger partial charge is 0.267 e. The van der Waals surface area contributed by atoms with Crippen LogP contribution in [0.25, 0.3) is 0 Å². The molecule has 3 aromatic rings. The van der Waals surface area contributed by atoms with Gasteiger partial charge in [0.2, 0.25) is 0 Å². The predicted molar refractivity (Wildman–Crippen MR) is 105 cm³/mol. The highest BCUT2D eigenvalue weighted by atomic mass is 16.2. The number of imide groups is 1. The molecule has 5 rings (SSSR count). The van der Waals surface area contributed by atoms with Crippen LogP contribution in [0.1, 0.15) is 37.9 Å². The maximum absolute atomic E-state index is 12.9. The zero-order valence-electron chi connectivity index (χ0n) is 14.9. The molecule has 0 radical (unpaired) electrons. The largest absolute Gasteiger partial charge is 0.276 e. The van der Waals surface area contributed by atoms with Crippen LogP contribution in [0.2, 0.25) is 0 Å². The van der Waals surface area contributed by atoms with Crippen LogP contribution in [0.3, 0.4) is 0 Å². The van der Waals surface area contributed by atoms with Crippen LogP contribution in [0.5, 0.6) is 0 Å². The minimum absolute atomic E-state index is 0.125. The first-order chi connectivity index (χ1) is 13.8. The molecule has 134 valence electrons. The molecule has 0 N–H and O–H groups in total. The van der Waals surface area contributed by atoms with Gasteiger partial charge in [-0.25, -0.2) is 0 Å². The molecule has 2 aliphatic rings. The normalized spacial score (nSPS) is 22.4. The van der Waals surface area contributed by atoms with Crippen LogP contribution in [0.15, 0.2) is 84.9 Å². The number of hydrogen-bond donors (Lipinski definition) is 0. The molecular formula is C24H16N2O2. The number of nitrogens with zero attached hydrogens (tertiary/aromatic N) is 2. The first kappa shape index (κ1) is 16.5. The van der Waals surface area contributed by atoms with E-state index in [2.05, 4.69) is 11.8 Å². The molecule has 0 aromatic heterocycles. The average molecular weight is 364 g/mol. The molecule has 0 bridgehead atoms. The predicted octanol–water partition coefficient (Wildman–Crippen LogP) is 3.67. The van der Waals surface area contributed by atoms with Crippen molar-refractivity contribution < 1.29 is 9.59 Å². The van der Waals surface area contributed by atoms with Crippen LogP contribution in [0.4, 0.5) is 0 Å². The van der Waals surface area contributed by atoms with Gasteiger partial charge in [0.25, 0.3) is 11.8 Å². The van der Waals surface area contributed by atoms with Gasteiger partial charge in [-0.1, -0.05) is 72.5 Å². The number of rotatable bonds is 2. The summed E-state index contributed by atoms with van der Waals surface area (Å²) >= 11 is 0. The quantitative estimate of drug-likeness (QED) is 0.396. The molecule has 28 heavy (non-hydrogen) atoms. The lowest BCUT2D eigenvalue weighted by Gasteiger charge is -2.15. The van der Waals surface area contributed by atoms with Gasteiger partial charge >= 0.3 is 0 Å². The molecule has 0 spiro atoms. The zero-order chi connectivity index (χ0) is 19.1. The van der Waals surface area contributed by atoms with Crippen molar-refractivity contribution in [1.29, 1.82) is 0 Å². The monoisotopic (exact) mass is 364 g/mol. The van der Waals surface area contributed by atoms with E-state index in [-0.39, 0.29) is 23.9 Å². The number of carbonyl (C=O) groups excluding carboxylic acids is 2. The number of hydrogen-bond acceptors (Lipinski definition) is 3. The summed E-state index contributed by atoms with van der Waals surface area (Å²) in [5, 5.41) is 3.04. The van der Waals surface area contributed by atoms with Crippen LogP contribution in [0, 0.1) is 11.8 Å². The van der Waals surface area contributed by atoms with Crippen molar-refractivity contribution in [2.24, 2.45) is 0 Å². The van der Waals surface area contributed by atoms with E-state index in [9.17, 15) is 9.59 Å². The zero-order valence-corrected chi connectivity index (χ0v) is 14.9. The maximum Gasteiger partial charge on any atom is 0.276 e. The standard InChI is InChI=1S/C24H16N2O2/c27-23-19-13-7-8-14-20(19)24(28)26(23)25-21(16-15-17-9-3-1-4-10-17)22(25)18-11-5-2-6-12-18/h1-14,21-22H/t21-,22-,25?/m1/s1. The van der Waals surface area contributed by atoms with E-state index in [4.69, 9.17) is 0 Å². The molecule has 4 nitrogen and oxygen atoms in total. The minimum atomic E-state index is -0.287. The Kier molecular flexibility index (Phi) is 3.82. The van der Waals surface area contributed by atoms with Crippen LogP contribution >= 0.6 is 0 Å². The molecule has 4 heteroatoms. The second-order valence-corrected chi connectivity index (χ2v) is 6.78. The van der Waals surface area contributed by atoms with Crippen LogP contribution in [-0.4, -0.2) is 27.9 Å². The Morgan fingerprint density at radius 2 is 1.21 bits per heavy atom. The lowest BCUT2D eigenvalue weighted by molar-refractivity contribution is 0.0355. The molecule has 2 amide bonds. The fraction of sp³-hybridized carbons (Fsp3) is 0.0833. The Balaban J connectivity index is 1.51. The molecule has 1 fully saturated rings. The molecule has 2 heterocycles. The second kappa shape index (κ2) is 6.49. The van der Waals surface area contributed by atoms with Crippen molar-refractivity contribution in [1.82, 2.24) is 10.0 Å². The van der Waals surface area contributed by atoms with E-state index in [1.165, 1.54) is 5.01 Å². The van der Waals surface area contributed by atoms with E-state index in [0.717, 1.165) is 11.1 Å². The molecule has 2 aliphatic heterocycles. The molecule has 0 saturated carbocycles. The van der Waals surface area contributed by atoms with Gasteiger partial charge < -0.3 is 0 Å². The van der Waals surface area contributed by atoms with Crippen molar-refractivity contribution in [2.75, 3.05) is 0 Å². The molecular weight excluding hydrogens is 348 g/mol.